The van der Waals surface area contributed by atoms with Crippen LogP contribution in [0.2, 0.25) is 0 Å². The number of rotatable bonds is 1. The predicted octanol–water partition coefficient (Wildman–Crippen LogP) is 1.16. The van der Waals surface area contributed by atoms with Gasteiger partial charge in [-0.15, -0.1) is 0 Å². The van der Waals surface area contributed by atoms with Crippen LogP contribution in [-0.4, -0.2) is 17.6 Å². The quantitative estimate of drug-likeness (QED) is 0.581. The lowest BCUT2D eigenvalue weighted by Crippen LogP contribution is -2.16. The molecule has 0 saturated carbocycles. The highest BCUT2D eigenvalue weighted by atomic mass is 16.4. The Kier molecular flexibility index (Phi) is 1.89. The molecule has 1 aromatic rings. The SMILES string of the molecule is Nc1ccc2c(c1)NCC(C(=O)O)=C2. The fourth-order valence-corrected chi connectivity index (χ4v) is 1.42. The Labute approximate surface area is 81.0 Å². The number of benzene rings is 1. The van der Waals surface area contributed by atoms with E-state index in [9.17, 15) is 4.79 Å². The van der Waals surface area contributed by atoms with Gasteiger partial charge in [-0.3, -0.25) is 0 Å². The summed E-state index contributed by atoms with van der Waals surface area (Å²) in [6, 6.07) is 5.35. The Morgan fingerprint density at radius 2 is 2.29 bits per heavy atom. The van der Waals surface area contributed by atoms with Gasteiger partial charge in [0.1, 0.15) is 0 Å². The number of carboxylic acid groups (broad SMARTS) is 1. The van der Waals surface area contributed by atoms with Crippen molar-refractivity contribution in [2.45, 2.75) is 0 Å². The van der Waals surface area contributed by atoms with E-state index in [4.69, 9.17) is 10.8 Å². The lowest BCUT2D eigenvalue weighted by Gasteiger charge is -2.16. The van der Waals surface area contributed by atoms with Gasteiger partial charge in [-0.2, -0.15) is 0 Å². The van der Waals surface area contributed by atoms with E-state index in [-0.39, 0.29) is 0 Å². The molecule has 1 aromatic carbocycles. The number of hydrogen-bond donors (Lipinski definition) is 3. The van der Waals surface area contributed by atoms with E-state index < -0.39 is 5.97 Å². The molecule has 0 aromatic heterocycles. The van der Waals surface area contributed by atoms with Crippen molar-refractivity contribution in [3.05, 3.63) is 29.3 Å². The molecule has 4 nitrogen and oxygen atoms in total. The number of aliphatic carboxylic acids is 1. The van der Waals surface area contributed by atoms with Crippen molar-refractivity contribution >= 4 is 23.4 Å². The monoisotopic (exact) mass is 190 g/mol. The van der Waals surface area contributed by atoms with Gasteiger partial charge < -0.3 is 16.2 Å². The zero-order valence-electron chi connectivity index (χ0n) is 7.45. The smallest absolute Gasteiger partial charge is 0.333 e. The van der Waals surface area contributed by atoms with E-state index in [1.807, 2.05) is 0 Å². The molecular weight excluding hydrogens is 180 g/mol. The molecule has 0 bridgehead atoms. The lowest BCUT2D eigenvalue weighted by molar-refractivity contribution is -0.132. The van der Waals surface area contributed by atoms with Crippen molar-refractivity contribution in [3.8, 4) is 0 Å². The maximum absolute atomic E-state index is 10.7. The van der Waals surface area contributed by atoms with E-state index in [2.05, 4.69) is 5.32 Å². The number of nitrogens with one attached hydrogen (secondary N) is 1. The summed E-state index contributed by atoms with van der Waals surface area (Å²) in [5, 5.41) is 11.8. The first-order valence-corrected chi connectivity index (χ1v) is 4.24. The normalized spacial score (nSPS) is 13.9. The maximum atomic E-state index is 10.7. The largest absolute Gasteiger partial charge is 0.478 e. The van der Waals surface area contributed by atoms with Gasteiger partial charge in [-0.1, -0.05) is 6.07 Å². The first kappa shape index (κ1) is 8.62. The van der Waals surface area contributed by atoms with Crippen LogP contribution in [0.1, 0.15) is 5.56 Å². The average Bonchev–Trinajstić information content (AvgIpc) is 2.16. The molecule has 2 rings (SSSR count). The van der Waals surface area contributed by atoms with Crippen LogP contribution >= 0.6 is 0 Å². The number of hydrogen-bond acceptors (Lipinski definition) is 3. The predicted molar refractivity (Wildman–Crippen MR) is 55.0 cm³/mol. The van der Waals surface area contributed by atoms with Crippen LogP contribution < -0.4 is 11.1 Å². The molecule has 1 heterocycles. The van der Waals surface area contributed by atoms with Gasteiger partial charge >= 0.3 is 5.97 Å². The summed E-state index contributed by atoms with van der Waals surface area (Å²) < 4.78 is 0. The molecule has 0 unspecified atom stereocenters. The maximum Gasteiger partial charge on any atom is 0.333 e. The summed E-state index contributed by atoms with van der Waals surface area (Å²) in [6.07, 6.45) is 1.66. The Morgan fingerprint density at radius 3 is 3.00 bits per heavy atom. The highest BCUT2D eigenvalue weighted by Crippen LogP contribution is 2.25. The summed E-state index contributed by atoms with van der Waals surface area (Å²) >= 11 is 0. The summed E-state index contributed by atoms with van der Waals surface area (Å²) in [6.45, 7) is 0.339. The second-order valence-corrected chi connectivity index (χ2v) is 3.17. The Hall–Kier alpha value is -1.97. The molecule has 1 aliphatic heterocycles. The molecule has 0 spiro atoms. The molecule has 0 fully saturated rings. The molecular formula is C10H10N2O2. The molecule has 72 valence electrons. The van der Waals surface area contributed by atoms with Gasteiger partial charge in [-0.25, -0.2) is 4.79 Å². The van der Waals surface area contributed by atoms with Gasteiger partial charge in [-0.05, 0) is 23.8 Å². The molecule has 4 N–H and O–H groups in total. The Morgan fingerprint density at radius 1 is 1.50 bits per heavy atom. The molecule has 1 aliphatic rings. The third-order valence-corrected chi connectivity index (χ3v) is 2.15. The van der Waals surface area contributed by atoms with Crippen LogP contribution in [0.15, 0.2) is 23.8 Å². The fourth-order valence-electron chi connectivity index (χ4n) is 1.42. The molecule has 0 saturated heterocycles. The minimum atomic E-state index is -0.889. The third kappa shape index (κ3) is 1.42. The third-order valence-electron chi connectivity index (χ3n) is 2.15. The van der Waals surface area contributed by atoms with Crippen LogP contribution in [-0.2, 0) is 4.79 Å². The molecule has 0 atom stereocenters. The highest BCUT2D eigenvalue weighted by Gasteiger charge is 2.14. The van der Waals surface area contributed by atoms with Gasteiger partial charge in [0, 0.05) is 17.9 Å². The first-order valence-electron chi connectivity index (χ1n) is 4.24. The van der Waals surface area contributed by atoms with Crippen molar-refractivity contribution < 1.29 is 9.90 Å². The van der Waals surface area contributed by atoms with Gasteiger partial charge in [0.25, 0.3) is 0 Å². The summed E-state index contributed by atoms with van der Waals surface area (Å²) in [7, 11) is 0. The Balaban J connectivity index is 2.45. The number of nitrogens with two attached hydrogens (primary N) is 1. The molecule has 4 heteroatoms. The number of fused-ring (bicyclic) bond motifs is 1. The first-order chi connectivity index (χ1) is 6.66. The van der Waals surface area contributed by atoms with Crippen LogP contribution in [0.4, 0.5) is 11.4 Å². The minimum absolute atomic E-state index is 0.339. The molecule has 0 radical (unpaired) electrons. The fraction of sp³-hybridized carbons (Fsp3) is 0.100. The Bertz CT molecular complexity index is 424. The zero-order valence-corrected chi connectivity index (χ0v) is 7.45. The molecule has 14 heavy (non-hydrogen) atoms. The zero-order chi connectivity index (χ0) is 10.1. The van der Waals surface area contributed by atoms with Crippen molar-refractivity contribution in [3.63, 3.8) is 0 Å². The van der Waals surface area contributed by atoms with Crippen LogP contribution in [0.5, 0.6) is 0 Å². The average molecular weight is 190 g/mol. The second-order valence-electron chi connectivity index (χ2n) is 3.17. The van der Waals surface area contributed by atoms with Crippen LogP contribution in [0, 0.1) is 0 Å². The summed E-state index contributed by atoms with van der Waals surface area (Å²) in [5.74, 6) is -0.889. The lowest BCUT2D eigenvalue weighted by atomic mass is 10.0. The minimum Gasteiger partial charge on any atom is -0.478 e. The van der Waals surface area contributed by atoms with E-state index in [1.54, 1.807) is 24.3 Å². The topological polar surface area (TPSA) is 75.3 Å². The highest BCUT2D eigenvalue weighted by molar-refractivity contribution is 5.96. The van der Waals surface area contributed by atoms with Gasteiger partial charge in [0.15, 0.2) is 0 Å². The summed E-state index contributed by atoms with van der Waals surface area (Å²) in [4.78, 5) is 10.7. The van der Waals surface area contributed by atoms with Crippen molar-refractivity contribution in [1.82, 2.24) is 0 Å². The van der Waals surface area contributed by atoms with Gasteiger partial charge in [0.05, 0.1) is 5.57 Å². The van der Waals surface area contributed by atoms with Crippen LogP contribution in [0.25, 0.3) is 6.08 Å². The van der Waals surface area contributed by atoms with E-state index in [0.717, 1.165) is 11.3 Å². The number of anilines is 2. The standard InChI is InChI=1S/C10H10N2O2/c11-8-2-1-6-3-7(10(13)14)5-12-9(6)4-8/h1-4,12H,5,11H2,(H,13,14). The van der Waals surface area contributed by atoms with Crippen LogP contribution in [0.3, 0.4) is 0 Å². The number of carbonyl (C=O) groups is 1. The van der Waals surface area contributed by atoms with Crippen molar-refractivity contribution in [2.75, 3.05) is 17.6 Å². The second kappa shape index (κ2) is 3.06. The number of carboxylic acids is 1. The summed E-state index contributed by atoms with van der Waals surface area (Å²) in [5.41, 5.74) is 8.38. The number of nitrogen functional groups attached to an aromatic ring is 1. The molecule has 0 aliphatic carbocycles. The van der Waals surface area contributed by atoms with E-state index >= 15 is 0 Å². The van der Waals surface area contributed by atoms with Gasteiger partial charge in [0.2, 0.25) is 0 Å². The van der Waals surface area contributed by atoms with E-state index in [0.29, 0.717) is 17.8 Å². The van der Waals surface area contributed by atoms with E-state index in [1.165, 1.54) is 0 Å². The van der Waals surface area contributed by atoms with Crippen molar-refractivity contribution in [2.24, 2.45) is 0 Å². The van der Waals surface area contributed by atoms with Crippen molar-refractivity contribution in [1.29, 1.82) is 0 Å². The molecule has 0 amide bonds.